The van der Waals surface area contributed by atoms with E-state index < -0.39 is 10.0 Å². The molecule has 1 aliphatic rings. The maximum absolute atomic E-state index is 12.9. The first-order chi connectivity index (χ1) is 13.3. The summed E-state index contributed by atoms with van der Waals surface area (Å²) in [7, 11) is -2.18. The van der Waals surface area contributed by atoms with E-state index in [9.17, 15) is 13.2 Å². The van der Waals surface area contributed by atoms with Gasteiger partial charge in [-0.05, 0) is 35.9 Å². The molecule has 9 heteroatoms. The maximum Gasteiger partial charge on any atom is 0.253 e. The van der Waals surface area contributed by atoms with Crippen molar-refractivity contribution >= 4 is 39.1 Å². The molecule has 0 unspecified atom stereocenters. The number of carbonyl (C=O) groups excluding carboxylic acids is 1. The summed E-state index contributed by atoms with van der Waals surface area (Å²) < 4.78 is 32.2. The highest BCUT2D eigenvalue weighted by molar-refractivity contribution is 7.89. The summed E-state index contributed by atoms with van der Waals surface area (Å²) >= 11 is 12.0. The predicted molar refractivity (Wildman–Crippen MR) is 108 cm³/mol. The zero-order chi connectivity index (χ0) is 20.3. The minimum absolute atomic E-state index is 0.0197. The van der Waals surface area contributed by atoms with E-state index in [1.165, 1.54) is 22.5 Å². The van der Waals surface area contributed by atoms with Gasteiger partial charge in [0.25, 0.3) is 5.91 Å². The number of halogens is 2. The molecule has 0 saturated carbocycles. The number of rotatable bonds is 5. The van der Waals surface area contributed by atoms with Crippen molar-refractivity contribution in [1.29, 1.82) is 0 Å². The Morgan fingerprint density at radius 2 is 1.79 bits per heavy atom. The lowest BCUT2D eigenvalue weighted by molar-refractivity contribution is 0.0697. The van der Waals surface area contributed by atoms with Crippen LogP contribution >= 0.6 is 23.2 Å². The zero-order valence-corrected chi connectivity index (χ0v) is 17.6. The van der Waals surface area contributed by atoms with Crippen LogP contribution < -0.4 is 0 Å². The van der Waals surface area contributed by atoms with E-state index in [1.54, 1.807) is 24.1 Å². The summed E-state index contributed by atoms with van der Waals surface area (Å²) in [5.41, 5.74) is 1.47. The van der Waals surface area contributed by atoms with Gasteiger partial charge >= 0.3 is 0 Å². The third-order valence-electron chi connectivity index (χ3n) is 4.52. The van der Waals surface area contributed by atoms with Crippen LogP contribution in [0.5, 0.6) is 0 Å². The number of piperazine rings is 1. The molecular formula is C19H20Cl2N2O4S. The van der Waals surface area contributed by atoms with Gasteiger partial charge < -0.3 is 9.64 Å². The molecule has 2 aromatic rings. The molecule has 1 saturated heterocycles. The van der Waals surface area contributed by atoms with Crippen LogP contribution in [0, 0.1) is 0 Å². The predicted octanol–water partition coefficient (Wildman–Crippen LogP) is 3.29. The molecule has 1 aliphatic heterocycles. The van der Waals surface area contributed by atoms with Crippen LogP contribution in [-0.4, -0.2) is 56.8 Å². The van der Waals surface area contributed by atoms with Crippen LogP contribution in [0.3, 0.4) is 0 Å². The minimum atomic E-state index is -3.78. The molecule has 1 heterocycles. The summed E-state index contributed by atoms with van der Waals surface area (Å²) in [5, 5.41) is 0.422. The van der Waals surface area contributed by atoms with E-state index in [-0.39, 0.29) is 28.9 Å². The lowest BCUT2D eigenvalue weighted by Gasteiger charge is -2.34. The first-order valence-corrected chi connectivity index (χ1v) is 10.8. The molecule has 0 bridgehead atoms. The van der Waals surface area contributed by atoms with Gasteiger partial charge in [-0.3, -0.25) is 4.79 Å². The number of hydrogen-bond acceptors (Lipinski definition) is 4. The highest BCUT2D eigenvalue weighted by Crippen LogP contribution is 2.28. The summed E-state index contributed by atoms with van der Waals surface area (Å²) in [6.45, 7) is 1.40. The Morgan fingerprint density at radius 3 is 2.46 bits per heavy atom. The summed E-state index contributed by atoms with van der Waals surface area (Å²) in [4.78, 5) is 14.4. The van der Waals surface area contributed by atoms with Crippen LogP contribution in [0.2, 0.25) is 10.0 Å². The summed E-state index contributed by atoms with van der Waals surface area (Å²) in [5.74, 6) is -0.129. The van der Waals surface area contributed by atoms with Crippen molar-refractivity contribution in [1.82, 2.24) is 9.21 Å². The summed E-state index contributed by atoms with van der Waals surface area (Å²) in [6, 6.07) is 11.6. The quantitative estimate of drug-likeness (QED) is 0.712. The molecule has 0 spiro atoms. The molecule has 0 aliphatic carbocycles. The Bertz CT molecular complexity index is 974. The van der Waals surface area contributed by atoms with Gasteiger partial charge in [0.1, 0.15) is 4.90 Å². The minimum Gasteiger partial charge on any atom is -0.380 e. The number of amides is 1. The average Bonchev–Trinajstić information content (AvgIpc) is 2.70. The largest absolute Gasteiger partial charge is 0.380 e. The molecule has 6 nitrogen and oxygen atoms in total. The van der Waals surface area contributed by atoms with Crippen LogP contribution in [0.4, 0.5) is 0 Å². The molecule has 1 fully saturated rings. The summed E-state index contributed by atoms with van der Waals surface area (Å²) in [6.07, 6.45) is 0. The average molecular weight is 443 g/mol. The number of nitrogens with zero attached hydrogens (tertiary/aromatic N) is 2. The Balaban J connectivity index is 1.71. The fourth-order valence-corrected chi connectivity index (χ4v) is 5.25. The van der Waals surface area contributed by atoms with Crippen LogP contribution in [0.25, 0.3) is 0 Å². The monoisotopic (exact) mass is 442 g/mol. The first-order valence-electron chi connectivity index (χ1n) is 8.65. The molecule has 3 rings (SSSR count). The Kier molecular flexibility index (Phi) is 6.62. The number of hydrogen-bond donors (Lipinski definition) is 0. The second-order valence-corrected chi connectivity index (χ2v) is 9.15. The molecule has 28 heavy (non-hydrogen) atoms. The molecule has 2 aromatic carbocycles. The van der Waals surface area contributed by atoms with E-state index in [0.717, 1.165) is 5.56 Å². The van der Waals surface area contributed by atoms with Crippen LogP contribution in [-0.2, 0) is 21.4 Å². The highest BCUT2D eigenvalue weighted by Gasteiger charge is 2.32. The van der Waals surface area contributed by atoms with Crippen molar-refractivity contribution in [2.24, 2.45) is 0 Å². The number of ether oxygens (including phenoxy) is 1. The third-order valence-corrected chi connectivity index (χ3v) is 7.14. The Morgan fingerprint density at radius 1 is 1.07 bits per heavy atom. The van der Waals surface area contributed by atoms with Gasteiger partial charge in [0, 0.05) is 43.9 Å². The number of carbonyl (C=O) groups is 1. The molecule has 1 amide bonds. The second-order valence-electron chi connectivity index (χ2n) is 6.40. The second kappa shape index (κ2) is 8.80. The van der Waals surface area contributed by atoms with E-state index in [4.69, 9.17) is 27.9 Å². The smallest absolute Gasteiger partial charge is 0.253 e. The fourth-order valence-electron chi connectivity index (χ4n) is 3.09. The normalized spacial score (nSPS) is 15.6. The lowest BCUT2D eigenvalue weighted by Crippen LogP contribution is -2.50. The third kappa shape index (κ3) is 4.50. The van der Waals surface area contributed by atoms with Crippen molar-refractivity contribution in [3.05, 3.63) is 63.6 Å². The van der Waals surface area contributed by atoms with Crippen molar-refractivity contribution in [2.75, 3.05) is 33.3 Å². The van der Waals surface area contributed by atoms with E-state index in [2.05, 4.69) is 0 Å². The maximum atomic E-state index is 12.9. The van der Waals surface area contributed by atoms with Gasteiger partial charge in [-0.25, -0.2) is 8.42 Å². The Labute approximate surface area is 174 Å². The lowest BCUT2D eigenvalue weighted by atomic mass is 10.1. The number of sulfonamides is 1. The van der Waals surface area contributed by atoms with Gasteiger partial charge in [0.2, 0.25) is 10.0 Å². The molecule has 0 atom stereocenters. The SMILES string of the molecule is COCc1cccc(C(=O)N2CCN(S(=O)(=O)c3cc(Cl)ccc3Cl)CC2)c1. The van der Waals surface area contributed by atoms with Gasteiger partial charge in [-0.15, -0.1) is 0 Å². The van der Waals surface area contributed by atoms with Crippen molar-refractivity contribution in [3.63, 3.8) is 0 Å². The number of benzene rings is 2. The molecular weight excluding hydrogens is 423 g/mol. The van der Waals surface area contributed by atoms with Gasteiger partial charge in [-0.1, -0.05) is 35.3 Å². The van der Waals surface area contributed by atoms with Crippen molar-refractivity contribution in [3.8, 4) is 0 Å². The molecule has 0 radical (unpaired) electrons. The number of methoxy groups -OCH3 is 1. The highest BCUT2D eigenvalue weighted by atomic mass is 35.5. The van der Waals surface area contributed by atoms with E-state index in [1.807, 2.05) is 12.1 Å². The van der Waals surface area contributed by atoms with Gasteiger partial charge in [0.05, 0.1) is 11.6 Å². The van der Waals surface area contributed by atoms with Crippen molar-refractivity contribution < 1.29 is 17.9 Å². The Hall–Kier alpha value is -1.64. The molecule has 0 N–H and O–H groups in total. The zero-order valence-electron chi connectivity index (χ0n) is 15.3. The topological polar surface area (TPSA) is 66.9 Å². The van der Waals surface area contributed by atoms with Crippen LogP contribution in [0.1, 0.15) is 15.9 Å². The van der Waals surface area contributed by atoms with E-state index >= 15 is 0 Å². The molecule has 150 valence electrons. The van der Waals surface area contributed by atoms with Gasteiger partial charge in [-0.2, -0.15) is 4.31 Å². The molecule has 0 aromatic heterocycles. The van der Waals surface area contributed by atoms with Crippen molar-refractivity contribution in [2.45, 2.75) is 11.5 Å². The fraction of sp³-hybridized carbons (Fsp3) is 0.316. The standard InChI is InChI=1S/C19H20Cl2N2O4S/c1-27-13-14-3-2-4-15(11-14)19(24)22-7-9-23(10-8-22)28(25,26)18-12-16(20)5-6-17(18)21/h2-6,11-12H,7-10,13H2,1H3. The van der Waals surface area contributed by atoms with Crippen LogP contribution in [0.15, 0.2) is 47.4 Å². The first kappa shape index (κ1) is 21.1. The van der Waals surface area contributed by atoms with E-state index in [0.29, 0.717) is 30.3 Å². The van der Waals surface area contributed by atoms with Gasteiger partial charge in [0.15, 0.2) is 0 Å².